The summed E-state index contributed by atoms with van der Waals surface area (Å²) in [7, 11) is 0. The van der Waals surface area contributed by atoms with Gasteiger partial charge in [0.15, 0.2) is 0 Å². The van der Waals surface area contributed by atoms with Crippen molar-refractivity contribution in [1.29, 1.82) is 0 Å². The number of piperidine rings is 1. The van der Waals surface area contributed by atoms with Gasteiger partial charge in [0.25, 0.3) is 0 Å². The number of nitrogens with one attached hydrogen (secondary N) is 1. The molecule has 2 aliphatic rings. The average molecular weight is 356 g/mol. The summed E-state index contributed by atoms with van der Waals surface area (Å²) in [6.07, 6.45) is 0.786. The molecule has 0 aromatic heterocycles. The highest BCUT2D eigenvalue weighted by molar-refractivity contribution is 5.89. The van der Waals surface area contributed by atoms with Crippen molar-refractivity contribution in [1.82, 2.24) is 4.90 Å². The monoisotopic (exact) mass is 356 g/mol. The van der Waals surface area contributed by atoms with Crippen molar-refractivity contribution in [2.75, 3.05) is 18.4 Å². The van der Waals surface area contributed by atoms with Crippen LogP contribution in [0, 0.1) is 5.92 Å². The lowest BCUT2D eigenvalue weighted by Crippen LogP contribution is -2.46. The third-order valence-corrected chi connectivity index (χ3v) is 4.86. The molecule has 4 nitrogen and oxygen atoms in total. The van der Waals surface area contributed by atoms with E-state index in [4.69, 9.17) is 4.74 Å². The number of rotatable bonds is 3. The maximum atomic E-state index is 12.9. The maximum absolute atomic E-state index is 12.9. The summed E-state index contributed by atoms with van der Waals surface area (Å²) in [4.78, 5) is 13.5. The first-order chi connectivity index (χ1) is 11.9. The smallest absolute Gasteiger partial charge is 0.393 e. The van der Waals surface area contributed by atoms with E-state index in [0.717, 1.165) is 25.7 Å². The highest BCUT2D eigenvalue weighted by atomic mass is 19.4. The van der Waals surface area contributed by atoms with Crippen LogP contribution in [0.5, 0.6) is 5.75 Å². The van der Waals surface area contributed by atoms with Crippen molar-refractivity contribution >= 4 is 11.7 Å². The van der Waals surface area contributed by atoms with Gasteiger partial charge in [-0.25, -0.2) is 4.79 Å². The van der Waals surface area contributed by atoms with Crippen LogP contribution in [0.4, 0.5) is 23.7 Å². The second-order valence-corrected chi connectivity index (χ2v) is 6.81. The van der Waals surface area contributed by atoms with E-state index >= 15 is 0 Å². The van der Waals surface area contributed by atoms with Crippen molar-refractivity contribution in [2.24, 2.45) is 5.92 Å². The Hall–Kier alpha value is -1.92. The number of alkyl halides is 3. The number of amides is 2. The Labute approximate surface area is 145 Å². The second-order valence-electron chi connectivity index (χ2n) is 6.81. The van der Waals surface area contributed by atoms with E-state index in [9.17, 15) is 18.0 Å². The van der Waals surface area contributed by atoms with Crippen LogP contribution in [0.1, 0.15) is 38.5 Å². The molecule has 1 unspecified atom stereocenters. The van der Waals surface area contributed by atoms with Crippen LogP contribution in [0.3, 0.4) is 0 Å². The summed E-state index contributed by atoms with van der Waals surface area (Å²) in [5.41, 5.74) is 0.537. The normalized spacial score (nSPS) is 22.0. The Bertz CT molecular complexity index is 600. The van der Waals surface area contributed by atoms with Gasteiger partial charge in [0, 0.05) is 24.8 Å². The quantitative estimate of drug-likeness (QED) is 0.844. The summed E-state index contributed by atoms with van der Waals surface area (Å²) >= 11 is 0. The lowest BCUT2D eigenvalue weighted by Gasteiger charge is -2.33. The van der Waals surface area contributed by atoms with Crippen LogP contribution < -0.4 is 10.1 Å². The Morgan fingerprint density at radius 3 is 2.64 bits per heavy atom. The van der Waals surface area contributed by atoms with Crippen molar-refractivity contribution < 1.29 is 22.7 Å². The van der Waals surface area contributed by atoms with Crippen LogP contribution in [-0.2, 0) is 0 Å². The molecule has 0 bridgehead atoms. The van der Waals surface area contributed by atoms with Gasteiger partial charge in [-0.1, -0.05) is 6.07 Å². The molecule has 7 heteroatoms. The summed E-state index contributed by atoms with van der Waals surface area (Å²) in [5.74, 6) is -0.763. The van der Waals surface area contributed by atoms with E-state index < -0.39 is 18.1 Å². The van der Waals surface area contributed by atoms with Crippen molar-refractivity contribution in [3.63, 3.8) is 0 Å². The largest absolute Gasteiger partial charge is 0.490 e. The zero-order valence-electron chi connectivity index (χ0n) is 14.0. The summed E-state index contributed by atoms with van der Waals surface area (Å²) in [6.45, 7) is 0.0598. The molecule has 1 aliphatic heterocycles. The number of anilines is 1. The first-order valence-corrected chi connectivity index (χ1v) is 8.81. The number of urea groups is 1. The molecule has 1 aromatic rings. The first kappa shape index (κ1) is 17.9. The standard InChI is InChI=1S/C18H23F3N2O2/c19-18(20,21)13-5-4-10-23(12-13)17(24)22-14-6-3-9-16(11-14)25-15-7-1-2-8-15/h3,6,9,11,13,15H,1-2,4-5,7-8,10,12H2,(H,22,24). The van der Waals surface area contributed by atoms with Gasteiger partial charge in [-0.15, -0.1) is 0 Å². The van der Waals surface area contributed by atoms with Gasteiger partial charge >= 0.3 is 12.2 Å². The van der Waals surface area contributed by atoms with Crippen molar-refractivity contribution in [3.8, 4) is 5.75 Å². The van der Waals surface area contributed by atoms with E-state index in [1.54, 1.807) is 18.2 Å². The molecule has 0 spiro atoms. The molecule has 1 aromatic carbocycles. The maximum Gasteiger partial charge on any atom is 0.393 e. The topological polar surface area (TPSA) is 41.6 Å². The molecule has 1 N–H and O–H groups in total. The lowest BCUT2D eigenvalue weighted by molar-refractivity contribution is -0.183. The number of benzene rings is 1. The van der Waals surface area contributed by atoms with Gasteiger partial charge in [0.05, 0.1) is 12.0 Å². The number of halogens is 3. The molecule has 1 heterocycles. The number of carbonyl (C=O) groups is 1. The molecule has 2 fully saturated rings. The molecule has 1 atom stereocenters. The number of ether oxygens (including phenoxy) is 1. The Kier molecular flexibility index (Phi) is 5.39. The van der Waals surface area contributed by atoms with E-state index in [-0.39, 0.29) is 19.1 Å². The minimum absolute atomic E-state index is 0.0813. The molecule has 1 saturated carbocycles. The van der Waals surface area contributed by atoms with Gasteiger partial charge in [0.1, 0.15) is 5.75 Å². The number of nitrogens with zero attached hydrogens (tertiary/aromatic N) is 1. The van der Waals surface area contributed by atoms with E-state index in [2.05, 4.69) is 5.32 Å². The van der Waals surface area contributed by atoms with Crippen LogP contribution in [0.2, 0.25) is 0 Å². The third kappa shape index (κ3) is 4.80. The molecular weight excluding hydrogens is 333 g/mol. The lowest BCUT2D eigenvalue weighted by atomic mass is 9.98. The Morgan fingerprint density at radius 2 is 1.92 bits per heavy atom. The molecule has 25 heavy (non-hydrogen) atoms. The number of hydrogen-bond acceptors (Lipinski definition) is 2. The van der Waals surface area contributed by atoms with Crippen molar-refractivity contribution in [2.45, 2.75) is 50.8 Å². The minimum Gasteiger partial charge on any atom is -0.490 e. The van der Waals surface area contributed by atoms with E-state index in [1.165, 1.54) is 4.90 Å². The van der Waals surface area contributed by atoms with Crippen LogP contribution in [0.25, 0.3) is 0 Å². The van der Waals surface area contributed by atoms with Crippen molar-refractivity contribution in [3.05, 3.63) is 24.3 Å². The average Bonchev–Trinajstić information content (AvgIpc) is 3.07. The number of carbonyl (C=O) groups excluding carboxylic acids is 1. The number of hydrogen-bond donors (Lipinski definition) is 1. The minimum atomic E-state index is -4.26. The highest BCUT2D eigenvalue weighted by Crippen LogP contribution is 2.33. The fraction of sp³-hybridized carbons (Fsp3) is 0.611. The molecule has 1 saturated heterocycles. The fourth-order valence-corrected chi connectivity index (χ4v) is 3.48. The number of likely N-dealkylation sites (tertiary alicyclic amines) is 1. The van der Waals surface area contributed by atoms with E-state index in [0.29, 0.717) is 24.4 Å². The SMILES string of the molecule is O=C(Nc1cccc(OC2CCCC2)c1)N1CCCC(C(F)(F)F)C1. The molecular formula is C18H23F3N2O2. The Morgan fingerprint density at radius 1 is 1.16 bits per heavy atom. The fourth-order valence-electron chi connectivity index (χ4n) is 3.48. The van der Waals surface area contributed by atoms with Crippen LogP contribution in [-0.4, -0.2) is 36.3 Å². The van der Waals surface area contributed by atoms with Gasteiger partial charge in [-0.2, -0.15) is 13.2 Å². The first-order valence-electron chi connectivity index (χ1n) is 8.81. The molecule has 3 rings (SSSR count). The summed E-state index contributed by atoms with van der Waals surface area (Å²) < 4.78 is 44.5. The summed E-state index contributed by atoms with van der Waals surface area (Å²) in [5, 5.41) is 2.69. The molecule has 138 valence electrons. The zero-order valence-corrected chi connectivity index (χ0v) is 14.0. The highest BCUT2D eigenvalue weighted by Gasteiger charge is 2.42. The molecule has 0 radical (unpaired) electrons. The summed E-state index contributed by atoms with van der Waals surface area (Å²) in [6, 6.07) is 6.54. The second kappa shape index (κ2) is 7.54. The third-order valence-electron chi connectivity index (χ3n) is 4.86. The van der Waals surface area contributed by atoms with Gasteiger partial charge in [0.2, 0.25) is 0 Å². The van der Waals surface area contributed by atoms with Crippen LogP contribution >= 0.6 is 0 Å². The molecule has 1 aliphatic carbocycles. The van der Waals surface area contributed by atoms with Gasteiger partial charge < -0.3 is 15.0 Å². The predicted molar refractivity (Wildman–Crippen MR) is 88.7 cm³/mol. The predicted octanol–water partition coefficient (Wildman–Crippen LogP) is 4.81. The zero-order chi connectivity index (χ0) is 17.9. The molecule has 2 amide bonds. The van der Waals surface area contributed by atoms with E-state index in [1.807, 2.05) is 6.07 Å². The Balaban J connectivity index is 1.58. The van der Waals surface area contributed by atoms with Gasteiger partial charge in [-0.05, 0) is 50.7 Å². The van der Waals surface area contributed by atoms with Gasteiger partial charge in [-0.3, -0.25) is 0 Å². The van der Waals surface area contributed by atoms with Crippen LogP contribution in [0.15, 0.2) is 24.3 Å².